The second-order valence-electron chi connectivity index (χ2n) is 7.25. The Kier molecular flexibility index (Phi) is 5.98. The van der Waals surface area contributed by atoms with Crippen LogP contribution in [0.1, 0.15) is 52.8 Å². The molecule has 2 rings (SSSR count). The summed E-state index contributed by atoms with van der Waals surface area (Å²) in [4.78, 5) is 4.79. The predicted octanol–water partition coefficient (Wildman–Crippen LogP) is 5.14. The molecule has 126 valence electrons. The molecule has 0 aliphatic rings. The first-order valence-corrected chi connectivity index (χ1v) is 9.85. The number of fused-ring (bicyclic) bond motifs is 1. The Bertz CT molecular complexity index is 710. The van der Waals surface area contributed by atoms with Gasteiger partial charge < -0.3 is 0 Å². The molecule has 0 bridgehead atoms. The van der Waals surface area contributed by atoms with Gasteiger partial charge >= 0.3 is 0 Å². The van der Waals surface area contributed by atoms with Gasteiger partial charge in [0.05, 0.1) is 33.0 Å². The second kappa shape index (κ2) is 7.41. The Hall–Kier alpha value is -0.780. The summed E-state index contributed by atoms with van der Waals surface area (Å²) < 4.78 is 16.5. The molecule has 1 aromatic heterocycles. The summed E-state index contributed by atoms with van der Waals surface area (Å²) in [5, 5.41) is 1.10. The van der Waals surface area contributed by atoms with Crippen LogP contribution in [0.4, 0.5) is 0 Å². The van der Waals surface area contributed by atoms with E-state index in [4.69, 9.17) is 4.98 Å². The van der Waals surface area contributed by atoms with E-state index >= 15 is 0 Å². The molecule has 1 N–H and O–H groups in total. The lowest BCUT2D eigenvalue weighted by Gasteiger charge is -2.25. The topological polar surface area (TPSA) is 42.0 Å². The number of rotatable bonds is 5. The monoisotopic (exact) mass is 396 g/mol. The molecule has 0 spiro atoms. The largest absolute Gasteiger partial charge is 0.251 e. The minimum Gasteiger partial charge on any atom is -0.251 e. The van der Waals surface area contributed by atoms with E-state index in [9.17, 15) is 4.21 Å². The summed E-state index contributed by atoms with van der Waals surface area (Å²) in [5.74, 6) is 0.492. The number of hydrogen-bond donors (Lipinski definition) is 1. The summed E-state index contributed by atoms with van der Waals surface area (Å²) in [6.45, 7) is 10.3. The van der Waals surface area contributed by atoms with E-state index in [1.54, 1.807) is 0 Å². The standard InChI is InChI=1S/C18H25BrN2OS/c1-12(2)10-17(21-23(22)18(3,4)5)16-8-6-13-11-14(19)7-9-15(13)20-16/h6-9,11-12,17,21H,10H2,1-5H3. The Morgan fingerprint density at radius 1 is 1.22 bits per heavy atom. The molecule has 2 atom stereocenters. The van der Waals surface area contributed by atoms with Crippen molar-refractivity contribution in [2.75, 3.05) is 0 Å². The van der Waals surface area contributed by atoms with E-state index in [0.29, 0.717) is 5.92 Å². The van der Waals surface area contributed by atoms with Crippen LogP contribution in [0.2, 0.25) is 0 Å². The lowest BCUT2D eigenvalue weighted by molar-refractivity contribution is 0.473. The zero-order valence-electron chi connectivity index (χ0n) is 14.4. The summed E-state index contributed by atoms with van der Waals surface area (Å²) in [6, 6.07) is 10.2. The van der Waals surface area contributed by atoms with Gasteiger partial charge in [-0.2, -0.15) is 0 Å². The Morgan fingerprint density at radius 2 is 1.91 bits per heavy atom. The number of pyridine rings is 1. The maximum absolute atomic E-state index is 12.5. The molecule has 2 aromatic rings. The van der Waals surface area contributed by atoms with Crippen LogP contribution in [0.25, 0.3) is 10.9 Å². The molecule has 1 aromatic carbocycles. The molecule has 0 aliphatic carbocycles. The zero-order chi connectivity index (χ0) is 17.2. The van der Waals surface area contributed by atoms with Crippen LogP contribution in [0, 0.1) is 5.92 Å². The fourth-order valence-corrected chi connectivity index (χ4v) is 3.52. The highest BCUT2D eigenvalue weighted by molar-refractivity contribution is 9.10. The Balaban J connectivity index is 2.34. The van der Waals surface area contributed by atoms with Gasteiger partial charge in [-0.3, -0.25) is 4.98 Å². The third-order valence-electron chi connectivity index (χ3n) is 3.54. The second-order valence-corrected chi connectivity index (χ2v) is 10.2. The van der Waals surface area contributed by atoms with Crippen LogP contribution >= 0.6 is 15.9 Å². The summed E-state index contributed by atoms with van der Waals surface area (Å²) >= 11 is 3.49. The average Bonchev–Trinajstić information content (AvgIpc) is 2.44. The molecule has 1 heterocycles. The van der Waals surface area contributed by atoms with Crippen molar-refractivity contribution in [2.24, 2.45) is 5.92 Å². The molecule has 0 radical (unpaired) electrons. The smallest absolute Gasteiger partial charge is 0.0976 e. The van der Waals surface area contributed by atoms with E-state index in [-0.39, 0.29) is 10.8 Å². The van der Waals surface area contributed by atoms with Gasteiger partial charge in [0.2, 0.25) is 0 Å². The maximum Gasteiger partial charge on any atom is 0.0976 e. The summed E-state index contributed by atoms with van der Waals surface area (Å²) in [6.07, 6.45) is 0.900. The number of nitrogens with one attached hydrogen (secondary N) is 1. The van der Waals surface area contributed by atoms with Gasteiger partial charge in [0.1, 0.15) is 0 Å². The summed E-state index contributed by atoms with van der Waals surface area (Å²) in [5.41, 5.74) is 1.91. The van der Waals surface area contributed by atoms with Crippen molar-refractivity contribution in [3.8, 4) is 0 Å². The van der Waals surface area contributed by atoms with Crippen LogP contribution in [0.15, 0.2) is 34.8 Å². The van der Waals surface area contributed by atoms with Crippen LogP contribution in [-0.2, 0) is 11.0 Å². The highest BCUT2D eigenvalue weighted by Crippen LogP contribution is 2.25. The van der Waals surface area contributed by atoms with E-state index in [2.05, 4.69) is 46.6 Å². The highest BCUT2D eigenvalue weighted by Gasteiger charge is 2.25. The van der Waals surface area contributed by atoms with Gasteiger partial charge in [-0.15, -0.1) is 0 Å². The predicted molar refractivity (Wildman–Crippen MR) is 103 cm³/mol. The lowest BCUT2D eigenvalue weighted by atomic mass is 10.0. The molecule has 0 saturated carbocycles. The minimum atomic E-state index is -1.12. The van der Waals surface area contributed by atoms with Crippen molar-refractivity contribution < 1.29 is 4.21 Å². The minimum absolute atomic E-state index is 0.0110. The van der Waals surface area contributed by atoms with Crippen molar-refractivity contribution in [1.82, 2.24) is 9.71 Å². The van der Waals surface area contributed by atoms with Gasteiger partial charge in [0.25, 0.3) is 0 Å². The van der Waals surface area contributed by atoms with E-state index in [1.807, 2.05) is 39.0 Å². The molecule has 0 saturated heterocycles. The quantitative estimate of drug-likeness (QED) is 0.760. The van der Waals surface area contributed by atoms with Gasteiger partial charge in [-0.25, -0.2) is 8.93 Å². The molecule has 0 aliphatic heterocycles. The van der Waals surface area contributed by atoms with Crippen molar-refractivity contribution in [3.63, 3.8) is 0 Å². The fraction of sp³-hybridized carbons (Fsp3) is 0.500. The molecular formula is C18H25BrN2OS. The summed E-state index contributed by atoms with van der Waals surface area (Å²) in [7, 11) is -1.12. The zero-order valence-corrected chi connectivity index (χ0v) is 16.8. The van der Waals surface area contributed by atoms with Gasteiger partial charge in [0, 0.05) is 9.86 Å². The third-order valence-corrected chi connectivity index (χ3v) is 5.65. The number of benzene rings is 1. The van der Waals surface area contributed by atoms with Crippen LogP contribution < -0.4 is 4.72 Å². The van der Waals surface area contributed by atoms with E-state index in [0.717, 1.165) is 27.5 Å². The van der Waals surface area contributed by atoms with Crippen molar-refractivity contribution in [2.45, 2.75) is 51.8 Å². The van der Waals surface area contributed by atoms with Crippen LogP contribution in [0.3, 0.4) is 0 Å². The highest BCUT2D eigenvalue weighted by atomic mass is 79.9. The molecular weight excluding hydrogens is 372 g/mol. The molecule has 2 unspecified atom stereocenters. The van der Waals surface area contributed by atoms with E-state index in [1.165, 1.54) is 0 Å². The number of hydrogen-bond acceptors (Lipinski definition) is 2. The maximum atomic E-state index is 12.5. The van der Waals surface area contributed by atoms with Gasteiger partial charge in [-0.05, 0) is 57.4 Å². The molecule has 3 nitrogen and oxygen atoms in total. The van der Waals surface area contributed by atoms with E-state index < -0.39 is 11.0 Å². The first-order valence-electron chi connectivity index (χ1n) is 7.91. The number of aromatic nitrogens is 1. The normalized spacial score (nSPS) is 15.1. The molecule has 0 amide bonds. The first kappa shape index (κ1) is 18.6. The molecule has 5 heteroatoms. The van der Waals surface area contributed by atoms with Crippen molar-refractivity contribution in [3.05, 3.63) is 40.5 Å². The van der Waals surface area contributed by atoms with Crippen molar-refractivity contribution in [1.29, 1.82) is 0 Å². The van der Waals surface area contributed by atoms with Crippen molar-refractivity contribution >= 4 is 37.8 Å². The Labute approximate surface area is 150 Å². The fourth-order valence-electron chi connectivity index (χ4n) is 2.31. The molecule has 0 fully saturated rings. The number of nitrogens with zero attached hydrogens (tertiary/aromatic N) is 1. The average molecular weight is 397 g/mol. The first-order chi connectivity index (χ1) is 10.7. The van der Waals surface area contributed by atoms with Crippen LogP contribution in [0.5, 0.6) is 0 Å². The SMILES string of the molecule is CC(C)CC(NS(=O)C(C)(C)C)c1ccc2cc(Br)ccc2n1. The third kappa shape index (κ3) is 5.10. The van der Waals surface area contributed by atoms with Gasteiger partial charge in [-0.1, -0.05) is 35.8 Å². The number of halogens is 1. The lowest BCUT2D eigenvalue weighted by Crippen LogP contribution is -2.36. The Morgan fingerprint density at radius 3 is 2.52 bits per heavy atom. The van der Waals surface area contributed by atoms with Crippen LogP contribution in [-0.4, -0.2) is 13.9 Å². The van der Waals surface area contributed by atoms with Gasteiger partial charge in [0.15, 0.2) is 0 Å². The molecule has 23 heavy (non-hydrogen) atoms.